The first-order valence-corrected chi connectivity index (χ1v) is 9.60. The maximum atomic E-state index is 12.6. The van der Waals surface area contributed by atoms with E-state index in [0.717, 1.165) is 12.8 Å². The Morgan fingerprint density at radius 2 is 1.64 bits per heavy atom. The fourth-order valence-electron chi connectivity index (χ4n) is 2.66. The van der Waals surface area contributed by atoms with Gasteiger partial charge in [-0.05, 0) is 37.8 Å². The maximum absolute atomic E-state index is 12.6. The van der Waals surface area contributed by atoms with Crippen LogP contribution in [0.25, 0.3) is 0 Å². The van der Waals surface area contributed by atoms with Crippen LogP contribution in [0.4, 0.5) is 0 Å². The summed E-state index contributed by atoms with van der Waals surface area (Å²) in [7, 11) is 0. The first-order chi connectivity index (χ1) is 10.7. The van der Waals surface area contributed by atoms with Crippen LogP contribution in [0.15, 0.2) is 35.2 Å². The number of unbranched alkanes of at least 4 members (excludes halogenated alkanes) is 2. The standard InChI is InChI=1S/C19H31NOS/c1-4-7-12-16(13-8-5-2)18(19(21)20-6-3)22-17-14-10-9-11-15-17/h9-11,14-16,18H,4-8,12-13H2,1-3H3,(H,20,21). The molecule has 0 saturated carbocycles. The Morgan fingerprint density at radius 1 is 1.05 bits per heavy atom. The summed E-state index contributed by atoms with van der Waals surface area (Å²) in [4.78, 5) is 13.8. The lowest BCUT2D eigenvalue weighted by atomic mass is 9.92. The van der Waals surface area contributed by atoms with Crippen LogP contribution >= 0.6 is 11.8 Å². The molecule has 0 aromatic heterocycles. The van der Waals surface area contributed by atoms with Crippen molar-refractivity contribution >= 4 is 17.7 Å². The molecule has 1 amide bonds. The van der Waals surface area contributed by atoms with E-state index in [1.807, 2.05) is 25.1 Å². The first kappa shape index (κ1) is 19.1. The van der Waals surface area contributed by atoms with Crippen LogP contribution in [-0.4, -0.2) is 17.7 Å². The number of thioether (sulfide) groups is 1. The van der Waals surface area contributed by atoms with Crippen LogP contribution in [0.1, 0.15) is 59.3 Å². The van der Waals surface area contributed by atoms with E-state index in [9.17, 15) is 4.79 Å². The molecule has 3 heteroatoms. The number of nitrogens with one attached hydrogen (secondary N) is 1. The quantitative estimate of drug-likeness (QED) is 0.562. The van der Waals surface area contributed by atoms with E-state index in [1.165, 1.54) is 30.6 Å². The zero-order chi connectivity index (χ0) is 16.2. The van der Waals surface area contributed by atoms with Crippen molar-refractivity contribution in [3.63, 3.8) is 0 Å². The van der Waals surface area contributed by atoms with Gasteiger partial charge in [-0.1, -0.05) is 57.7 Å². The summed E-state index contributed by atoms with van der Waals surface area (Å²) in [6.45, 7) is 7.15. The summed E-state index contributed by atoms with van der Waals surface area (Å²) in [5, 5.41) is 3.07. The Hall–Kier alpha value is -0.960. The Balaban J connectivity index is 2.85. The fourth-order valence-corrected chi connectivity index (χ4v) is 3.93. The van der Waals surface area contributed by atoms with E-state index in [1.54, 1.807) is 11.8 Å². The summed E-state index contributed by atoms with van der Waals surface area (Å²) < 4.78 is 0. The molecule has 1 atom stereocenters. The number of benzene rings is 1. The van der Waals surface area contributed by atoms with Gasteiger partial charge in [0.25, 0.3) is 0 Å². The van der Waals surface area contributed by atoms with Gasteiger partial charge in [0.15, 0.2) is 0 Å². The van der Waals surface area contributed by atoms with Crippen molar-refractivity contribution in [1.82, 2.24) is 5.32 Å². The van der Waals surface area contributed by atoms with Gasteiger partial charge in [-0.15, -0.1) is 11.8 Å². The van der Waals surface area contributed by atoms with Gasteiger partial charge in [-0.3, -0.25) is 4.79 Å². The van der Waals surface area contributed by atoms with Crippen LogP contribution < -0.4 is 5.32 Å². The molecule has 0 spiro atoms. The number of hydrogen-bond acceptors (Lipinski definition) is 2. The highest BCUT2D eigenvalue weighted by Crippen LogP contribution is 2.33. The summed E-state index contributed by atoms with van der Waals surface area (Å²) in [6.07, 6.45) is 7.11. The monoisotopic (exact) mass is 321 g/mol. The molecule has 1 aromatic rings. The second-order valence-corrected chi connectivity index (χ2v) is 7.01. The fraction of sp³-hybridized carbons (Fsp3) is 0.632. The molecular weight excluding hydrogens is 290 g/mol. The second kappa shape index (κ2) is 11.6. The third-order valence-electron chi connectivity index (χ3n) is 3.90. The van der Waals surface area contributed by atoms with Crippen LogP contribution in [0, 0.1) is 5.92 Å². The van der Waals surface area contributed by atoms with Crippen molar-refractivity contribution < 1.29 is 4.79 Å². The summed E-state index contributed by atoms with van der Waals surface area (Å²) in [6, 6.07) is 10.3. The molecule has 124 valence electrons. The molecule has 0 aliphatic carbocycles. The van der Waals surface area contributed by atoms with E-state index in [0.29, 0.717) is 12.5 Å². The van der Waals surface area contributed by atoms with Gasteiger partial charge in [0.1, 0.15) is 0 Å². The van der Waals surface area contributed by atoms with Crippen LogP contribution in [0.5, 0.6) is 0 Å². The van der Waals surface area contributed by atoms with Crippen molar-refractivity contribution in [3.05, 3.63) is 30.3 Å². The molecule has 0 saturated heterocycles. The molecule has 0 aliphatic rings. The molecule has 1 rings (SSSR count). The summed E-state index contributed by atoms with van der Waals surface area (Å²) >= 11 is 1.73. The molecule has 0 aliphatic heterocycles. The Bertz CT molecular complexity index is 399. The van der Waals surface area contributed by atoms with Gasteiger partial charge in [-0.2, -0.15) is 0 Å². The molecule has 0 radical (unpaired) electrons. The predicted octanol–water partition coefficient (Wildman–Crippen LogP) is 5.28. The van der Waals surface area contributed by atoms with Crippen molar-refractivity contribution in [3.8, 4) is 0 Å². The molecule has 1 N–H and O–H groups in total. The minimum Gasteiger partial charge on any atom is -0.355 e. The molecular formula is C19H31NOS. The van der Waals surface area contributed by atoms with Gasteiger partial charge >= 0.3 is 0 Å². The Labute approximate surface area is 140 Å². The minimum atomic E-state index is 0.0282. The van der Waals surface area contributed by atoms with Crippen LogP contribution in [0.2, 0.25) is 0 Å². The first-order valence-electron chi connectivity index (χ1n) is 8.72. The maximum Gasteiger partial charge on any atom is 0.233 e. The highest BCUT2D eigenvalue weighted by atomic mass is 32.2. The highest BCUT2D eigenvalue weighted by Gasteiger charge is 2.28. The summed E-state index contributed by atoms with van der Waals surface area (Å²) in [5.74, 6) is 0.671. The van der Waals surface area contributed by atoms with Crippen LogP contribution in [-0.2, 0) is 4.79 Å². The largest absolute Gasteiger partial charge is 0.355 e. The van der Waals surface area contributed by atoms with Crippen molar-refractivity contribution in [2.75, 3.05) is 6.54 Å². The third kappa shape index (κ3) is 6.87. The zero-order valence-corrected chi connectivity index (χ0v) is 15.1. The molecule has 1 unspecified atom stereocenters. The van der Waals surface area contributed by atoms with Crippen molar-refractivity contribution in [2.45, 2.75) is 69.4 Å². The van der Waals surface area contributed by atoms with E-state index in [-0.39, 0.29) is 11.2 Å². The average molecular weight is 322 g/mol. The molecule has 0 fully saturated rings. The lowest BCUT2D eigenvalue weighted by Gasteiger charge is -2.26. The van der Waals surface area contributed by atoms with Gasteiger partial charge in [0.2, 0.25) is 5.91 Å². The van der Waals surface area contributed by atoms with Crippen molar-refractivity contribution in [1.29, 1.82) is 0 Å². The third-order valence-corrected chi connectivity index (χ3v) is 5.30. The number of rotatable bonds is 11. The van der Waals surface area contributed by atoms with Crippen molar-refractivity contribution in [2.24, 2.45) is 5.92 Å². The smallest absolute Gasteiger partial charge is 0.233 e. The number of hydrogen-bond donors (Lipinski definition) is 1. The Kier molecular flexibility index (Phi) is 10.1. The van der Waals surface area contributed by atoms with E-state index in [4.69, 9.17) is 0 Å². The van der Waals surface area contributed by atoms with E-state index >= 15 is 0 Å². The van der Waals surface area contributed by atoms with E-state index in [2.05, 4.69) is 31.3 Å². The molecule has 1 aromatic carbocycles. The normalized spacial score (nSPS) is 12.4. The molecule has 2 nitrogen and oxygen atoms in total. The summed E-state index contributed by atoms with van der Waals surface area (Å²) in [5.41, 5.74) is 0. The second-order valence-electron chi connectivity index (χ2n) is 5.79. The van der Waals surface area contributed by atoms with Gasteiger partial charge in [0, 0.05) is 11.4 Å². The average Bonchev–Trinajstić information content (AvgIpc) is 2.54. The predicted molar refractivity (Wildman–Crippen MR) is 97.3 cm³/mol. The molecule has 0 heterocycles. The highest BCUT2D eigenvalue weighted by molar-refractivity contribution is 8.00. The van der Waals surface area contributed by atoms with Gasteiger partial charge < -0.3 is 5.32 Å². The SMILES string of the molecule is CCCCC(CCCC)C(Sc1ccccc1)C(=O)NCC. The molecule has 0 bridgehead atoms. The van der Waals surface area contributed by atoms with Gasteiger partial charge in [0.05, 0.1) is 5.25 Å². The van der Waals surface area contributed by atoms with Gasteiger partial charge in [-0.25, -0.2) is 0 Å². The number of carbonyl (C=O) groups is 1. The van der Waals surface area contributed by atoms with Crippen LogP contribution in [0.3, 0.4) is 0 Å². The lowest BCUT2D eigenvalue weighted by Crippen LogP contribution is -2.37. The number of amides is 1. The topological polar surface area (TPSA) is 29.1 Å². The Morgan fingerprint density at radius 3 is 2.14 bits per heavy atom. The molecule has 22 heavy (non-hydrogen) atoms. The lowest BCUT2D eigenvalue weighted by molar-refractivity contribution is -0.121. The zero-order valence-electron chi connectivity index (χ0n) is 14.3. The number of carbonyl (C=O) groups excluding carboxylic acids is 1. The minimum absolute atomic E-state index is 0.0282. The van der Waals surface area contributed by atoms with E-state index < -0.39 is 0 Å².